The second-order valence-corrected chi connectivity index (χ2v) is 8.07. The van der Waals surface area contributed by atoms with E-state index in [0.29, 0.717) is 0 Å². The van der Waals surface area contributed by atoms with E-state index in [1.165, 1.54) is 0 Å². The first-order chi connectivity index (χ1) is 14.1. The molecule has 0 spiro atoms. The van der Waals surface area contributed by atoms with Crippen LogP contribution in [0.3, 0.4) is 0 Å². The number of ether oxygens (including phenoxy) is 4. The third-order valence-electron chi connectivity index (χ3n) is 5.00. The molecule has 0 bridgehead atoms. The van der Waals surface area contributed by atoms with E-state index in [1.807, 2.05) is 0 Å². The quantitative estimate of drug-likeness (QED) is 0.142. The van der Waals surface area contributed by atoms with E-state index in [0.717, 1.165) is 0 Å². The molecule has 0 radical (unpaired) electrons. The summed E-state index contributed by atoms with van der Waals surface area (Å²) in [7, 11) is 0. The summed E-state index contributed by atoms with van der Waals surface area (Å²) < 4.78 is 21.6. The Bertz CT molecular complexity index is 517. The van der Waals surface area contributed by atoms with Crippen molar-refractivity contribution in [3.63, 3.8) is 0 Å². The molecule has 0 aromatic heterocycles. The van der Waals surface area contributed by atoms with Gasteiger partial charge in [-0.2, -0.15) is 12.6 Å². The van der Waals surface area contributed by atoms with Gasteiger partial charge in [0.25, 0.3) is 0 Å². The molecule has 2 aliphatic rings. The van der Waals surface area contributed by atoms with Gasteiger partial charge in [-0.05, 0) is 0 Å². The maximum atomic E-state index is 10.4. The first-order valence-corrected chi connectivity index (χ1v) is 10.5. The van der Waals surface area contributed by atoms with Crippen LogP contribution in [0.4, 0.5) is 0 Å². The molecule has 2 unspecified atom stereocenters. The maximum Gasteiger partial charge on any atom is 0.187 e. The average Bonchev–Trinajstić information content (AvgIpc) is 2.73. The van der Waals surface area contributed by atoms with Crippen molar-refractivity contribution < 1.29 is 59.8 Å². The van der Waals surface area contributed by atoms with E-state index in [4.69, 9.17) is 18.9 Å². The van der Waals surface area contributed by atoms with Gasteiger partial charge in [-0.15, -0.1) is 12.6 Å². The molecule has 0 aliphatic carbocycles. The minimum Gasteiger partial charge on any atom is -0.394 e. The van der Waals surface area contributed by atoms with Crippen LogP contribution in [0.1, 0.15) is 0 Å². The van der Waals surface area contributed by atoms with E-state index < -0.39 is 79.4 Å². The Hall–Kier alpha value is 0.220. The minimum atomic E-state index is -1.73. The SMILES string of the molecule is OC[C@H]1O[C@@H](O[C@H]2[C@H](O)[C@@H](O)[C@H](S)O[C@@H]2COCC(O)C(O)CS)[C@H](O)[C@@H](O)[C@@H]1O. The summed E-state index contributed by atoms with van der Waals surface area (Å²) in [5.41, 5.74) is -1.10. The van der Waals surface area contributed by atoms with Crippen LogP contribution in [-0.4, -0.2) is 139 Å². The predicted octanol–water partition coefficient (Wildman–Crippen LogP) is -4.78. The molecule has 0 aromatic rings. The van der Waals surface area contributed by atoms with Gasteiger partial charge in [0, 0.05) is 5.75 Å². The third kappa shape index (κ3) is 6.17. The molecule has 2 saturated heterocycles. The zero-order chi connectivity index (χ0) is 22.6. The van der Waals surface area contributed by atoms with Gasteiger partial charge >= 0.3 is 0 Å². The molecule has 0 saturated carbocycles. The second-order valence-electron chi connectivity index (χ2n) is 7.20. The van der Waals surface area contributed by atoms with E-state index >= 15 is 0 Å². The summed E-state index contributed by atoms with van der Waals surface area (Å²) in [6.07, 6.45) is -15.6. The number of hydrogen-bond acceptors (Lipinski definition) is 14. The molecule has 2 rings (SSSR count). The Labute approximate surface area is 183 Å². The summed E-state index contributed by atoms with van der Waals surface area (Å²) in [4.78, 5) is 0. The largest absolute Gasteiger partial charge is 0.394 e. The lowest BCUT2D eigenvalue weighted by Crippen LogP contribution is -2.64. The number of hydrogen-bond donors (Lipinski definition) is 10. The number of rotatable bonds is 9. The third-order valence-corrected chi connectivity index (χ3v) is 5.80. The van der Waals surface area contributed by atoms with Crippen molar-refractivity contribution in [1.29, 1.82) is 0 Å². The van der Waals surface area contributed by atoms with Gasteiger partial charge in [-0.3, -0.25) is 0 Å². The Balaban J connectivity index is 2.06. The van der Waals surface area contributed by atoms with Crippen molar-refractivity contribution in [2.75, 3.05) is 25.6 Å². The van der Waals surface area contributed by atoms with Crippen molar-refractivity contribution in [3.05, 3.63) is 0 Å². The molecule has 178 valence electrons. The topological polar surface area (TPSA) is 199 Å². The van der Waals surface area contributed by atoms with Crippen LogP contribution in [0, 0.1) is 0 Å². The molecule has 30 heavy (non-hydrogen) atoms. The van der Waals surface area contributed by atoms with Crippen molar-refractivity contribution in [3.8, 4) is 0 Å². The Morgan fingerprint density at radius 3 is 2.10 bits per heavy atom. The molecule has 14 heteroatoms. The van der Waals surface area contributed by atoms with Gasteiger partial charge < -0.3 is 59.8 Å². The number of aliphatic hydroxyl groups is 8. The van der Waals surface area contributed by atoms with Crippen molar-refractivity contribution in [2.24, 2.45) is 0 Å². The Morgan fingerprint density at radius 2 is 1.50 bits per heavy atom. The van der Waals surface area contributed by atoms with Gasteiger partial charge in [-0.25, -0.2) is 0 Å². The van der Waals surface area contributed by atoms with E-state index in [2.05, 4.69) is 25.3 Å². The molecule has 0 amide bonds. The van der Waals surface area contributed by atoms with Crippen LogP contribution < -0.4 is 0 Å². The fraction of sp³-hybridized carbons (Fsp3) is 1.00. The summed E-state index contributed by atoms with van der Waals surface area (Å²) >= 11 is 7.90. The van der Waals surface area contributed by atoms with Gasteiger partial charge in [0.2, 0.25) is 0 Å². The van der Waals surface area contributed by atoms with Crippen LogP contribution in [-0.2, 0) is 18.9 Å². The maximum absolute atomic E-state index is 10.4. The summed E-state index contributed by atoms with van der Waals surface area (Å²) in [5.74, 6) is 0.0108. The molecular weight excluding hydrogens is 448 g/mol. The van der Waals surface area contributed by atoms with Crippen LogP contribution in [0.25, 0.3) is 0 Å². The number of aliphatic hydroxyl groups excluding tert-OH is 8. The average molecular weight is 479 g/mol. The van der Waals surface area contributed by atoms with E-state index in [1.54, 1.807) is 0 Å². The van der Waals surface area contributed by atoms with Crippen molar-refractivity contribution >= 4 is 25.3 Å². The highest BCUT2D eigenvalue weighted by molar-refractivity contribution is 7.80. The van der Waals surface area contributed by atoms with Gasteiger partial charge in [0.05, 0.1) is 25.9 Å². The van der Waals surface area contributed by atoms with Crippen molar-refractivity contribution in [1.82, 2.24) is 0 Å². The summed E-state index contributed by atoms with van der Waals surface area (Å²) in [6, 6.07) is 0. The van der Waals surface area contributed by atoms with Crippen LogP contribution >= 0.6 is 25.3 Å². The van der Waals surface area contributed by atoms with E-state index in [9.17, 15) is 40.9 Å². The zero-order valence-corrected chi connectivity index (χ0v) is 17.7. The molecular formula is C16H30O12S2. The first kappa shape index (κ1) is 26.5. The minimum absolute atomic E-state index is 0.0108. The lowest BCUT2D eigenvalue weighted by Gasteiger charge is -2.45. The molecule has 12 atom stereocenters. The zero-order valence-electron chi connectivity index (χ0n) is 15.9. The molecule has 0 aromatic carbocycles. The monoisotopic (exact) mass is 478 g/mol. The second kappa shape index (κ2) is 11.9. The highest BCUT2D eigenvalue weighted by Crippen LogP contribution is 2.30. The smallest absolute Gasteiger partial charge is 0.187 e. The van der Waals surface area contributed by atoms with Gasteiger partial charge in [-0.1, -0.05) is 0 Å². The van der Waals surface area contributed by atoms with Crippen LogP contribution in [0.5, 0.6) is 0 Å². The summed E-state index contributed by atoms with van der Waals surface area (Å²) in [5, 5.41) is 78.9. The normalized spacial score (nSPS) is 44.6. The Kier molecular flexibility index (Phi) is 10.5. The highest BCUT2D eigenvalue weighted by atomic mass is 32.1. The predicted molar refractivity (Wildman–Crippen MR) is 105 cm³/mol. The highest BCUT2D eigenvalue weighted by Gasteiger charge is 2.50. The van der Waals surface area contributed by atoms with Gasteiger partial charge in [0.1, 0.15) is 60.4 Å². The first-order valence-electron chi connectivity index (χ1n) is 9.32. The standard InChI is InChI=1S/C16H30O12S2/c17-1-7-9(20)10(21)12(23)15(26-7)28-14-8(27-16(30)13(24)11(14)22)3-25-2-5(18)6(19)4-29/h5-24,29-30H,1-4H2/t5?,6?,7-,8-,9-,10+,11-,12-,13-,14-,15+,16+/m1/s1. The van der Waals surface area contributed by atoms with Crippen molar-refractivity contribution in [2.45, 2.75) is 72.8 Å². The molecule has 2 fully saturated rings. The Morgan fingerprint density at radius 1 is 0.833 bits per heavy atom. The fourth-order valence-corrected chi connectivity index (χ4v) is 3.67. The fourth-order valence-electron chi connectivity index (χ4n) is 3.09. The lowest BCUT2D eigenvalue weighted by atomic mass is 9.97. The van der Waals surface area contributed by atoms with Gasteiger partial charge in [0.15, 0.2) is 6.29 Å². The number of thiol groups is 2. The molecule has 8 N–H and O–H groups in total. The summed E-state index contributed by atoms with van der Waals surface area (Å²) in [6.45, 7) is -1.22. The molecule has 2 aliphatic heterocycles. The lowest BCUT2D eigenvalue weighted by molar-refractivity contribution is -0.338. The van der Waals surface area contributed by atoms with Crippen LogP contribution in [0.2, 0.25) is 0 Å². The molecule has 12 nitrogen and oxygen atoms in total. The molecule has 2 heterocycles. The van der Waals surface area contributed by atoms with Crippen LogP contribution in [0.15, 0.2) is 0 Å². The van der Waals surface area contributed by atoms with E-state index in [-0.39, 0.29) is 19.0 Å².